The minimum Gasteiger partial charge on any atom is -0.325 e. The van der Waals surface area contributed by atoms with Crippen LogP contribution >= 0.6 is 22.9 Å². The number of anilines is 3. The number of pyridine rings is 1. The van der Waals surface area contributed by atoms with Crippen LogP contribution in [0.25, 0.3) is 0 Å². The Balaban J connectivity index is 1.62. The summed E-state index contributed by atoms with van der Waals surface area (Å²) >= 11 is 7.42. The maximum absolute atomic E-state index is 12.2. The van der Waals surface area contributed by atoms with Crippen molar-refractivity contribution in [2.75, 3.05) is 10.6 Å². The number of rotatable bonds is 5. The SMILES string of the molecule is Cc1cccc(Nc2nc(CC(=O)Nc3cc(Cl)ccc3C)cs2)n1. The summed E-state index contributed by atoms with van der Waals surface area (Å²) in [6, 6.07) is 11.2. The monoisotopic (exact) mass is 372 g/mol. The lowest BCUT2D eigenvalue weighted by Crippen LogP contribution is -2.15. The first kappa shape index (κ1) is 17.4. The van der Waals surface area contributed by atoms with Gasteiger partial charge in [-0.1, -0.05) is 23.7 Å². The van der Waals surface area contributed by atoms with Crippen LogP contribution in [-0.2, 0) is 11.2 Å². The number of benzene rings is 1. The van der Waals surface area contributed by atoms with Gasteiger partial charge in [0.1, 0.15) is 5.82 Å². The maximum Gasteiger partial charge on any atom is 0.230 e. The van der Waals surface area contributed by atoms with E-state index < -0.39 is 0 Å². The van der Waals surface area contributed by atoms with Crippen LogP contribution in [0.5, 0.6) is 0 Å². The zero-order chi connectivity index (χ0) is 17.8. The van der Waals surface area contributed by atoms with Crippen LogP contribution in [0.4, 0.5) is 16.6 Å². The standard InChI is InChI=1S/C18H17ClN4OS/c1-11-6-7-13(19)8-15(11)22-17(24)9-14-10-25-18(21-14)23-16-5-3-4-12(2)20-16/h3-8,10H,9H2,1-2H3,(H,22,24)(H,20,21,23). The Bertz CT molecular complexity index is 910. The maximum atomic E-state index is 12.2. The molecule has 0 saturated heterocycles. The Morgan fingerprint density at radius 2 is 2.04 bits per heavy atom. The molecule has 3 rings (SSSR count). The van der Waals surface area contributed by atoms with Crippen LogP contribution in [0.3, 0.4) is 0 Å². The van der Waals surface area contributed by atoms with E-state index >= 15 is 0 Å². The number of nitrogens with one attached hydrogen (secondary N) is 2. The van der Waals surface area contributed by atoms with Gasteiger partial charge in [0.05, 0.1) is 12.1 Å². The molecule has 0 saturated carbocycles. The fourth-order valence-corrected chi connectivity index (χ4v) is 3.14. The second-order valence-electron chi connectivity index (χ2n) is 5.62. The normalized spacial score (nSPS) is 10.5. The van der Waals surface area contributed by atoms with Crippen molar-refractivity contribution < 1.29 is 4.79 Å². The summed E-state index contributed by atoms with van der Waals surface area (Å²) in [4.78, 5) is 21.0. The van der Waals surface area contributed by atoms with E-state index in [1.165, 1.54) is 11.3 Å². The molecule has 0 spiro atoms. The van der Waals surface area contributed by atoms with Crippen molar-refractivity contribution in [3.05, 3.63) is 63.8 Å². The predicted octanol–water partition coefficient (Wildman–Crippen LogP) is 4.73. The van der Waals surface area contributed by atoms with Crippen LogP contribution in [0, 0.1) is 13.8 Å². The molecule has 0 unspecified atom stereocenters. The third-order valence-corrected chi connectivity index (χ3v) is 4.53. The number of carbonyl (C=O) groups is 1. The molecule has 3 aromatic rings. The highest BCUT2D eigenvalue weighted by Crippen LogP contribution is 2.22. The molecule has 2 heterocycles. The number of hydrogen-bond acceptors (Lipinski definition) is 5. The van der Waals surface area contributed by atoms with E-state index in [4.69, 9.17) is 11.6 Å². The molecule has 0 atom stereocenters. The first-order chi connectivity index (χ1) is 12.0. The average Bonchev–Trinajstić information content (AvgIpc) is 2.97. The third kappa shape index (κ3) is 4.78. The van der Waals surface area contributed by atoms with Gasteiger partial charge in [0, 0.05) is 21.8 Å². The summed E-state index contributed by atoms with van der Waals surface area (Å²) < 4.78 is 0. The Hall–Kier alpha value is -2.44. The van der Waals surface area contributed by atoms with E-state index in [-0.39, 0.29) is 12.3 Å². The zero-order valence-corrected chi connectivity index (χ0v) is 15.4. The molecule has 2 N–H and O–H groups in total. The molecular weight excluding hydrogens is 356 g/mol. The van der Waals surface area contributed by atoms with Gasteiger partial charge in [0.2, 0.25) is 5.91 Å². The number of hydrogen-bond donors (Lipinski definition) is 2. The first-order valence-corrected chi connectivity index (χ1v) is 8.96. The molecule has 2 aromatic heterocycles. The number of halogens is 1. The van der Waals surface area contributed by atoms with Gasteiger partial charge in [-0.25, -0.2) is 9.97 Å². The number of aryl methyl sites for hydroxylation is 2. The molecule has 7 heteroatoms. The van der Waals surface area contributed by atoms with Crippen molar-refractivity contribution >= 4 is 45.5 Å². The van der Waals surface area contributed by atoms with Gasteiger partial charge >= 0.3 is 0 Å². The summed E-state index contributed by atoms with van der Waals surface area (Å²) in [5.74, 6) is 0.607. The number of amides is 1. The van der Waals surface area contributed by atoms with Gasteiger partial charge < -0.3 is 10.6 Å². The Labute approximate surface area is 155 Å². The van der Waals surface area contributed by atoms with E-state index in [0.29, 0.717) is 15.8 Å². The van der Waals surface area contributed by atoms with Crippen molar-refractivity contribution in [2.45, 2.75) is 20.3 Å². The molecule has 25 heavy (non-hydrogen) atoms. The molecular formula is C18H17ClN4OS. The average molecular weight is 373 g/mol. The minimum atomic E-state index is -0.129. The van der Waals surface area contributed by atoms with E-state index in [2.05, 4.69) is 20.6 Å². The van der Waals surface area contributed by atoms with Crippen LogP contribution in [-0.4, -0.2) is 15.9 Å². The first-order valence-electron chi connectivity index (χ1n) is 7.71. The quantitative estimate of drug-likeness (QED) is 0.679. The molecule has 1 aromatic carbocycles. The zero-order valence-electron chi connectivity index (χ0n) is 13.8. The van der Waals surface area contributed by atoms with Crippen LogP contribution in [0.1, 0.15) is 17.0 Å². The smallest absolute Gasteiger partial charge is 0.230 e. The van der Waals surface area contributed by atoms with Gasteiger partial charge in [0.15, 0.2) is 5.13 Å². The molecule has 0 aliphatic carbocycles. The largest absolute Gasteiger partial charge is 0.325 e. The molecule has 1 amide bonds. The van der Waals surface area contributed by atoms with E-state index in [9.17, 15) is 4.79 Å². The van der Waals surface area contributed by atoms with Crippen LogP contribution in [0.15, 0.2) is 41.8 Å². The molecule has 0 radical (unpaired) electrons. The molecule has 0 aliphatic rings. The lowest BCUT2D eigenvalue weighted by Gasteiger charge is -2.08. The minimum absolute atomic E-state index is 0.129. The molecule has 0 aliphatic heterocycles. The topological polar surface area (TPSA) is 66.9 Å². The van der Waals surface area contributed by atoms with E-state index in [1.807, 2.05) is 43.5 Å². The summed E-state index contributed by atoms with van der Waals surface area (Å²) in [6.45, 7) is 3.85. The van der Waals surface area contributed by atoms with Crippen molar-refractivity contribution in [3.8, 4) is 0 Å². The lowest BCUT2D eigenvalue weighted by atomic mass is 10.2. The highest BCUT2D eigenvalue weighted by molar-refractivity contribution is 7.13. The molecule has 0 bridgehead atoms. The number of nitrogens with zero attached hydrogens (tertiary/aromatic N) is 2. The number of thiazole rings is 1. The van der Waals surface area contributed by atoms with Crippen LogP contribution < -0.4 is 10.6 Å². The van der Waals surface area contributed by atoms with Gasteiger partial charge in [-0.05, 0) is 43.7 Å². The van der Waals surface area contributed by atoms with Gasteiger partial charge in [-0.15, -0.1) is 11.3 Å². The highest BCUT2D eigenvalue weighted by atomic mass is 35.5. The summed E-state index contributed by atoms with van der Waals surface area (Å²) in [7, 11) is 0. The Morgan fingerprint density at radius 1 is 1.20 bits per heavy atom. The summed E-state index contributed by atoms with van der Waals surface area (Å²) in [5, 5.41) is 9.19. The van der Waals surface area contributed by atoms with Crippen molar-refractivity contribution in [1.82, 2.24) is 9.97 Å². The van der Waals surface area contributed by atoms with Crippen molar-refractivity contribution in [1.29, 1.82) is 0 Å². The second-order valence-corrected chi connectivity index (χ2v) is 6.91. The summed E-state index contributed by atoms with van der Waals surface area (Å²) in [6.07, 6.45) is 0.200. The second kappa shape index (κ2) is 7.63. The fourth-order valence-electron chi connectivity index (χ4n) is 2.26. The Morgan fingerprint density at radius 3 is 2.84 bits per heavy atom. The van der Waals surface area contributed by atoms with Gasteiger partial charge in [-0.3, -0.25) is 4.79 Å². The number of carbonyl (C=O) groups excluding carboxylic acids is 1. The van der Waals surface area contributed by atoms with Gasteiger partial charge in [-0.2, -0.15) is 0 Å². The van der Waals surface area contributed by atoms with Crippen LogP contribution in [0.2, 0.25) is 5.02 Å². The molecule has 0 fully saturated rings. The summed E-state index contributed by atoms with van der Waals surface area (Å²) in [5.41, 5.74) is 3.31. The highest BCUT2D eigenvalue weighted by Gasteiger charge is 2.10. The molecule has 128 valence electrons. The predicted molar refractivity (Wildman–Crippen MR) is 103 cm³/mol. The Kier molecular flexibility index (Phi) is 5.31. The third-order valence-electron chi connectivity index (χ3n) is 3.49. The number of aromatic nitrogens is 2. The van der Waals surface area contributed by atoms with Crippen molar-refractivity contribution in [2.24, 2.45) is 0 Å². The van der Waals surface area contributed by atoms with Gasteiger partial charge in [0.25, 0.3) is 0 Å². The van der Waals surface area contributed by atoms with Crippen molar-refractivity contribution in [3.63, 3.8) is 0 Å². The van der Waals surface area contributed by atoms with E-state index in [1.54, 1.807) is 12.1 Å². The fraction of sp³-hybridized carbons (Fsp3) is 0.167. The molecule has 5 nitrogen and oxygen atoms in total. The lowest BCUT2D eigenvalue weighted by molar-refractivity contribution is -0.115. The van der Waals surface area contributed by atoms with E-state index in [0.717, 1.165) is 22.8 Å².